The van der Waals surface area contributed by atoms with Crippen molar-refractivity contribution in [1.82, 2.24) is 9.88 Å². The van der Waals surface area contributed by atoms with Gasteiger partial charge in [0.05, 0.1) is 6.42 Å². The minimum absolute atomic E-state index is 0.00714. The molecular formula is C12H18N2O2. The molecule has 1 aromatic rings. The predicted molar refractivity (Wildman–Crippen MR) is 62.1 cm³/mol. The van der Waals surface area contributed by atoms with Gasteiger partial charge < -0.3 is 5.11 Å². The van der Waals surface area contributed by atoms with Gasteiger partial charge in [-0.05, 0) is 32.5 Å². The zero-order valence-corrected chi connectivity index (χ0v) is 9.92. The molecule has 16 heavy (non-hydrogen) atoms. The van der Waals surface area contributed by atoms with Crippen molar-refractivity contribution in [2.45, 2.75) is 32.4 Å². The average Bonchev–Trinajstić information content (AvgIpc) is 2.27. The molecule has 4 nitrogen and oxygen atoms in total. The van der Waals surface area contributed by atoms with Crippen LogP contribution in [0.4, 0.5) is 0 Å². The lowest BCUT2D eigenvalue weighted by molar-refractivity contribution is -0.138. The van der Waals surface area contributed by atoms with E-state index in [1.807, 2.05) is 37.2 Å². The van der Waals surface area contributed by atoms with E-state index < -0.39 is 5.97 Å². The van der Waals surface area contributed by atoms with Crippen LogP contribution in [0.3, 0.4) is 0 Å². The monoisotopic (exact) mass is 222 g/mol. The molecule has 0 radical (unpaired) electrons. The molecule has 0 spiro atoms. The molecular weight excluding hydrogens is 204 g/mol. The van der Waals surface area contributed by atoms with Crippen LogP contribution in [-0.2, 0) is 4.79 Å². The molecule has 4 heteroatoms. The summed E-state index contributed by atoms with van der Waals surface area (Å²) in [7, 11) is 1.94. The second-order valence-electron chi connectivity index (χ2n) is 4.07. The third-order valence-corrected chi connectivity index (χ3v) is 2.94. The van der Waals surface area contributed by atoms with Gasteiger partial charge in [0, 0.05) is 24.5 Å². The molecule has 2 atom stereocenters. The van der Waals surface area contributed by atoms with Crippen LogP contribution in [0.25, 0.3) is 0 Å². The van der Waals surface area contributed by atoms with Crippen molar-refractivity contribution in [1.29, 1.82) is 0 Å². The molecule has 0 aliphatic rings. The first-order valence-corrected chi connectivity index (χ1v) is 5.36. The normalized spacial score (nSPS) is 14.8. The highest BCUT2D eigenvalue weighted by molar-refractivity contribution is 5.67. The summed E-state index contributed by atoms with van der Waals surface area (Å²) in [5.41, 5.74) is 1.10. The quantitative estimate of drug-likeness (QED) is 0.827. The van der Waals surface area contributed by atoms with E-state index in [1.165, 1.54) is 0 Å². The molecule has 0 bridgehead atoms. The van der Waals surface area contributed by atoms with Crippen LogP contribution in [0.1, 0.15) is 31.9 Å². The van der Waals surface area contributed by atoms with Crippen molar-refractivity contribution < 1.29 is 9.90 Å². The number of carboxylic acids is 1. The maximum absolute atomic E-state index is 10.6. The summed E-state index contributed by atoms with van der Waals surface area (Å²) in [6.45, 7) is 3.97. The smallest absolute Gasteiger partial charge is 0.304 e. The van der Waals surface area contributed by atoms with E-state index in [4.69, 9.17) is 5.11 Å². The third-order valence-electron chi connectivity index (χ3n) is 2.94. The number of nitrogens with zero attached hydrogens (tertiary/aromatic N) is 2. The molecule has 2 unspecified atom stereocenters. The van der Waals surface area contributed by atoms with Crippen LogP contribution in [-0.4, -0.2) is 34.0 Å². The molecule has 88 valence electrons. The topological polar surface area (TPSA) is 53.4 Å². The number of rotatable bonds is 5. The first kappa shape index (κ1) is 12.6. The summed E-state index contributed by atoms with van der Waals surface area (Å²) in [6, 6.07) is 4.07. The summed E-state index contributed by atoms with van der Waals surface area (Å²) in [6.07, 6.45) is 3.70. The molecule has 1 aromatic heterocycles. The lowest BCUT2D eigenvalue weighted by atomic mass is 10.1. The van der Waals surface area contributed by atoms with Gasteiger partial charge in [-0.25, -0.2) is 0 Å². The lowest BCUT2D eigenvalue weighted by Crippen LogP contribution is -2.33. The van der Waals surface area contributed by atoms with E-state index in [1.54, 1.807) is 6.20 Å². The third kappa shape index (κ3) is 3.31. The Kier molecular flexibility index (Phi) is 4.43. The largest absolute Gasteiger partial charge is 0.481 e. The molecule has 0 saturated carbocycles. The molecule has 1 N–H and O–H groups in total. The van der Waals surface area contributed by atoms with Crippen LogP contribution >= 0.6 is 0 Å². The van der Waals surface area contributed by atoms with Crippen molar-refractivity contribution in [2.75, 3.05) is 7.05 Å². The van der Waals surface area contributed by atoms with Gasteiger partial charge in [-0.1, -0.05) is 6.07 Å². The number of aromatic nitrogens is 1. The standard InChI is InChI=1S/C12H18N2O2/c1-9(7-12(15)16)14(3)10(2)11-5-4-6-13-8-11/h4-6,8-10H,7H2,1-3H3,(H,15,16). The first-order chi connectivity index (χ1) is 7.52. The van der Waals surface area contributed by atoms with Crippen molar-refractivity contribution in [3.63, 3.8) is 0 Å². The van der Waals surface area contributed by atoms with E-state index in [0.29, 0.717) is 0 Å². The zero-order valence-electron chi connectivity index (χ0n) is 9.92. The highest BCUT2D eigenvalue weighted by Crippen LogP contribution is 2.20. The van der Waals surface area contributed by atoms with E-state index in [0.717, 1.165) is 5.56 Å². The fourth-order valence-electron chi connectivity index (χ4n) is 1.64. The first-order valence-electron chi connectivity index (χ1n) is 5.36. The SMILES string of the molecule is CC(CC(=O)O)N(C)C(C)c1cccnc1. The Bertz CT molecular complexity index is 340. The highest BCUT2D eigenvalue weighted by atomic mass is 16.4. The molecule has 0 aromatic carbocycles. The lowest BCUT2D eigenvalue weighted by Gasteiger charge is -2.30. The van der Waals surface area contributed by atoms with Crippen LogP contribution < -0.4 is 0 Å². The highest BCUT2D eigenvalue weighted by Gasteiger charge is 2.19. The molecule has 1 rings (SSSR count). The van der Waals surface area contributed by atoms with Gasteiger partial charge in [-0.3, -0.25) is 14.7 Å². The van der Waals surface area contributed by atoms with E-state index in [2.05, 4.69) is 11.9 Å². The van der Waals surface area contributed by atoms with E-state index in [-0.39, 0.29) is 18.5 Å². The number of hydrogen-bond acceptors (Lipinski definition) is 3. The molecule has 1 heterocycles. The van der Waals surface area contributed by atoms with Gasteiger partial charge >= 0.3 is 5.97 Å². The van der Waals surface area contributed by atoms with Gasteiger partial charge in [0.25, 0.3) is 0 Å². The molecule has 0 saturated heterocycles. The summed E-state index contributed by atoms with van der Waals surface area (Å²) < 4.78 is 0. The van der Waals surface area contributed by atoms with Crippen LogP contribution in [0, 0.1) is 0 Å². The van der Waals surface area contributed by atoms with Crippen LogP contribution in [0.5, 0.6) is 0 Å². The Morgan fingerprint density at radius 3 is 2.75 bits per heavy atom. The maximum Gasteiger partial charge on any atom is 0.304 e. The number of pyridine rings is 1. The Balaban J connectivity index is 2.67. The fraction of sp³-hybridized carbons (Fsp3) is 0.500. The summed E-state index contributed by atoms with van der Waals surface area (Å²) in [4.78, 5) is 16.7. The Morgan fingerprint density at radius 2 is 2.25 bits per heavy atom. The van der Waals surface area contributed by atoms with Gasteiger partial charge in [0.1, 0.15) is 0 Å². The second kappa shape index (κ2) is 5.61. The second-order valence-corrected chi connectivity index (χ2v) is 4.07. The summed E-state index contributed by atoms with van der Waals surface area (Å²) in [5.74, 6) is -0.766. The number of aliphatic carboxylic acids is 1. The Hall–Kier alpha value is -1.42. The van der Waals surface area contributed by atoms with Gasteiger partial charge in [-0.2, -0.15) is 0 Å². The van der Waals surface area contributed by atoms with Crippen molar-refractivity contribution in [3.05, 3.63) is 30.1 Å². The van der Waals surface area contributed by atoms with Gasteiger partial charge in [-0.15, -0.1) is 0 Å². The van der Waals surface area contributed by atoms with Crippen molar-refractivity contribution in [3.8, 4) is 0 Å². The van der Waals surface area contributed by atoms with E-state index >= 15 is 0 Å². The minimum Gasteiger partial charge on any atom is -0.481 e. The van der Waals surface area contributed by atoms with Crippen LogP contribution in [0.15, 0.2) is 24.5 Å². The minimum atomic E-state index is -0.766. The van der Waals surface area contributed by atoms with Crippen LogP contribution in [0.2, 0.25) is 0 Å². The molecule has 0 fully saturated rings. The Labute approximate surface area is 95.9 Å². The summed E-state index contributed by atoms with van der Waals surface area (Å²) in [5, 5.41) is 8.75. The number of carbonyl (C=O) groups is 1. The van der Waals surface area contributed by atoms with Crippen molar-refractivity contribution in [2.24, 2.45) is 0 Å². The number of carboxylic acid groups (broad SMARTS) is 1. The van der Waals surface area contributed by atoms with Gasteiger partial charge in [0.2, 0.25) is 0 Å². The summed E-state index contributed by atoms with van der Waals surface area (Å²) >= 11 is 0. The number of hydrogen-bond donors (Lipinski definition) is 1. The van der Waals surface area contributed by atoms with Crippen molar-refractivity contribution >= 4 is 5.97 Å². The molecule has 0 amide bonds. The molecule has 0 aliphatic carbocycles. The van der Waals surface area contributed by atoms with E-state index in [9.17, 15) is 4.79 Å². The average molecular weight is 222 g/mol. The zero-order chi connectivity index (χ0) is 12.1. The Morgan fingerprint density at radius 1 is 1.56 bits per heavy atom. The van der Waals surface area contributed by atoms with Gasteiger partial charge in [0.15, 0.2) is 0 Å². The molecule has 0 aliphatic heterocycles. The predicted octanol–water partition coefficient (Wildman–Crippen LogP) is 1.94. The fourth-order valence-corrected chi connectivity index (χ4v) is 1.64. The maximum atomic E-state index is 10.6.